The van der Waals surface area contributed by atoms with Gasteiger partial charge in [0.05, 0.1) is 5.41 Å². The molecule has 1 atom stereocenters. The number of aromatic nitrogens is 9. The number of aromatic amines is 1. The summed E-state index contributed by atoms with van der Waals surface area (Å²) in [6.07, 6.45) is 14.2. The lowest BCUT2D eigenvalue weighted by molar-refractivity contribution is 0.491. The molecule has 5 rings (SSSR count). The van der Waals surface area contributed by atoms with Crippen molar-refractivity contribution in [2.45, 2.75) is 58.0 Å². The van der Waals surface area contributed by atoms with E-state index in [1.165, 1.54) is 0 Å². The Morgan fingerprint density at radius 2 is 1.97 bits per heavy atom. The van der Waals surface area contributed by atoms with Gasteiger partial charge in [0, 0.05) is 30.0 Å². The van der Waals surface area contributed by atoms with Crippen molar-refractivity contribution in [3.63, 3.8) is 0 Å². The Labute approximate surface area is 208 Å². The zero-order valence-corrected chi connectivity index (χ0v) is 20.7. The van der Waals surface area contributed by atoms with Gasteiger partial charge in [-0.25, -0.2) is 14.5 Å². The first-order chi connectivity index (χ1) is 17.6. The number of H-pyrrole nitrogens is 1. The molecule has 0 amide bonds. The summed E-state index contributed by atoms with van der Waals surface area (Å²) in [5, 5.41) is 25.8. The molecular weight excluding hydrogens is 456 g/mol. The Balaban J connectivity index is 1.61. The summed E-state index contributed by atoms with van der Waals surface area (Å²) in [5.74, 6) is 1.13. The topological polar surface area (TPSA) is 124 Å². The predicted molar refractivity (Wildman–Crippen MR) is 135 cm³/mol. The summed E-state index contributed by atoms with van der Waals surface area (Å²) in [7, 11) is 0. The van der Waals surface area contributed by atoms with Crippen LogP contribution >= 0.6 is 0 Å². The number of nitrogens with zero attached hydrogens (tertiary/aromatic N) is 8. The van der Waals surface area contributed by atoms with Gasteiger partial charge in [0.1, 0.15) is 6.33 Å². The number of hydrogen-bond acceptors (Lipinski definition) is 7. The number of rotatable bonds is 9. The minimum Gasteiger partial charge on any atom is -0.368 e. The summed E-state index contributed by atoms with van der Waals surface area (Å²) in [5.41, 5.74) is 2.16. The van der Waals surface area contributed by atoms with Crippen molar-refractivity contribution in [1.29, 1.82) is 0 Å². The lowest BCUT2D eigenvalue weighted by atomic mass is 9.78. The number of hydrogen-bond donors (Lipinski definition) is 2. The number of aryl methyl sites for hydroxylation is 1. The fourth-order valence-corrected chi connectivity index (χ4v) is 4.60. The standard InChI is InChI=1S/C25H30N10O/c1-4-7-21-15-33(23-30-27-17-35(23)18(3)5-2)24(36)34(21)16-25(10-12-26-13-11-25)20-9-6-8-19(14-20)22-28-31-32-29-22/h6,8-15,17-18,26H,4-5,7,16H2,1-3H3,(H,28,29,31,32). The highest BCUT2D eigenvalue weighted by Crippen LogP contribution is 2.33. The fourth-order valence-electron chi connectivity index (χ4n) is 4.60. The van der Waals surface area contributed by atoms with Crippen molar-refractivity contribution in [3.8, 4) is 17.3 Å². The van der Waals surface area contributed by atoms with E-state index in [2.05, 4.69) is 81.2 Å². The molecule has 1 aromatic carbocycles. The van der Waals surface area contributed by atoms with Gasteiger partial charge in [-0.2, -0.15) is 0 Å². The van der Waals surface area contributed by atoms with Crippen LogP contribution in [0.15, 0.2) is 66.1 Å². The number of dihydropyridines is 1. The maximum atomic E-state index is 13.9. The number of allylic oxidation sites excluding steroid dienone is 2. The van der Waals surface area contributed by atoms with Gasteiger partial charge in [-0.15, -0.1) is 15.3 Å². The average molecular weight is 487 g/mol. The normalized spacial score (nSPS) is 15.2. The molecule has 0 bridgehead atoms. The van der Waals surface area contributed by atoms with Crippen LogP contribution in [0.1, 0.15) is 50.9 Å². The number of tetrazole rings is 1. The van der Waals surface area contributed by atoms with Crippen molar-refractivity contribution >= 4 is 0 Å². The molecular formula is C25H30N10O. The minimum atomic E-state index is -0.558. The van der Waals surface area contributed by atoms with Crippen LogP contribution in [-0.2, 0) is 18.4 Å². The van der Waals surface area contributed by atoms with E-state index < -0.39 is 5.41 Å². The highest BCUT2D eigenvalue weighted by molar-refractivity contribution is 5.57. The quantitative estimate of drug-likeness (QED) is 0.373. The number of nitrogens with one attached hydrogen (secondary N) is 2. The summed E-state index contributed by atoms with van der Waals surface area (Å²) in [6, 6.07) is 8.24. The SMILES string of the molecule is CCCc1cn(-c2nncn2C(C)CC)c(=O)n1CC1(c2cccc(-c3nnn[nH]3)c2)C=CNC=C1. The van der Waals surface area contributed by atoms with Gasteiger partial charge >= 0.3 is 5.69 Å². The lowest BCUT2D eigenvalue weighted by Crippen LogP contribution is -2.36. The molecule has 0 saturated heterocycles. The molecule has 4 aromatic rings. The molecule has 0 saturated carbocycles. The van der Waals surface area contributed by atoms with E-state index in [-0.39, 0.29) is 11.7 Å². The molecule has 4 heterocycles. The summed E-state index contributed by atoms with van der Waals surface area (Å²) >= 11 is 0. The molecule has 0 spiro atoms. The first-order valence-electron chi connectivity index (χ1n) is 12.2. The molecule has 0 radical (unpaired) electrons. The van der Waals surface area contributed by atoms with Gasteiger partial charge in [-0.05, 0) is 54.2 Å². The maximum absolute atomic E-state index is 13.9. The molecule has 2 N–H and O–H groups in total. The zero-order valence-electron chi connectivity index (χ0n) is 20.7. The van der Waals surface area contributed by atoms with Gasteiger partial charge in [-0.3, -0.25) is 9.13 Å². The third-order valence-electron chi connectivity index (χ3n) is 6.80. The van der Waals surface area contributed by atoms with Gasteiger partial charge in [-0.1, -0.05) is 50.6 Å². The molecule has 11 nitrogen and oxygen atoms in total. The largest absolute Gasteiger partial charge is 0.368 e. The van der Waals surface area contributed by atoms with Crippen molar-refractivity contribution in [3.05, 3.63) is 83.1 Å². The third kappa shape index (κ3) is 4.16. The van der Waals surface area contributed by atoms with Crippen LogP contribution in [0.25, 0.3) is 17.3 Å². The molecule has 186 valence electrons. The monoisotopic (exact) mass is 486 g/mol. The molecule has 1 unspecified atom stereocenters. The molecule has 36 heavy (non-hydrogen) atoms. The molecule has 3 aromatic heterocycles. The van der Waals surface area contributed by atoms with E-state index in [9.17, 15) is 4.79 Å². The van der Waals surface area contributed by atoms with Crippen LogP contribution in [0.4, 0.5) is 0 Å². The summed E-state index contributed by atoms with van der Waals surface area (Å²) < 4.78 is 5.45. The van der Waals surface area contributed by atoms with Crippen LogP contribution in [0.3, 0.4) is 0 Å². The first-order valence-corrected chi connectivity index (χ1v) is 12.2. The zero-order chi connectivity index (χ0) is 25.1. The van der Waals surface area contributed by atoms with E-state index in [0.29, 0.717) is 18.3 Å². The smallest absolute Gasteiger partial charge is 0.335 e. The van der Waals surface area contributed by atoms with Crippen LogP contribution in [0, 0.1) is 0 Å². The van der Waals surface area contributed by atoms with Crippen LogP contribution in [0.5, 0.6) is 0 Å². The van der Waals surface area contributed by atoms with Gasteiger partial charge in [0.15, 0.2) is 5.82 Å². The Bertz CT molecular complexity index is 1430. The molecule has 0 aliphatic carbocycles. The van der Waals surface area contributed by atoms with Crippen LogP contribution in [-0.4, -0.2) is 44.5 Å². The van der Waals surface area contributed by atoms with Gasteiger partial charge < -0.3 is 5.32 Å². The van der Waals surface area contributed by atoms with Crippen LogP contribution in [0.2, 0.25) is 0 Å². The Morgan fingerprint density at radius 3 is 2.69 bits per heavy atom. The minimum absolute atomic E-state index is 0.133. The summed E-state index contributed by atoms with van der Waals surface area (Å²) in [6.45, 7) is 6.74. The second-order valence-electron chi connectivity index (χ2n) is 9.11. The van der Waals surface area contributed by atoms with E-state index in [1.807, 2.05) is 39.9 Å². The van der Waals surface area contributed by atoms with Crippen molar-refractivity contribution < 1.29 is 0 Å². The first kappa shape index (κ1) is 23.5. The average Bonchev–Trinajstić information content (AvgIpc) is 3.67. The Hall–Kier alpha value is -4.28. The maximum Gasteiger partial charge on any atom is 0.335 e. The van der Waals surface area contributed by atoms with Gasteiger partial charge in [0.2, 0.25) is 5.95 Å². The number of benzene rings is 1. The van der Waals surface area contributed by atoms with E-state index in [0.717, 1.165) is 36.1 Å². The third-order valence-corrected chi connectivity index (χ3v) is 6.80. The second kappa shape index (κ2) is 9.76. The second-order valence-corrected chi connectivity index (χ2v) is 9.11. The predicted octanol–water partition coefficient (Wildman–Crippen LogP) is 2.90. The molecule has 0 fully saturated rings. The molecule has 11 heteroatoms. The van der Waals surface area contributed by atoms with E-state index >= 15 is 0 Å². The van der Waals surface area contributed by atoms with Crippen molar-refractivity contribution in [2.75, 3.05) is 0 Å². The van der Waals surface area contributed by atoms with E-state index in [4.69, 9.17) is 0 Å². The highest BCUT2D eigenvalue weighted by Gasteiger charge is 2.32. The summed E-state index contributed by atoms with van der Waals surface area (Å²) in [4.78, 5) is 13.9. The lowest BCUT2D eigenvalue weighted by Gasteiger charge is -2.31. The molecule has 1 aliphatic rings. The Morgan fingerprint density at radius 1 is 1.14 bits per heavy atom. The van der Waals surface area contributed by atoms with E-state index in [1.54, 1.807) is 10.9 Å². The highest BCUT2D eigenvalue weighted by atomic mass is 16.2. The molecule has 1 aliphatic heterocycles. The number of imidazole rings is 1. The Kier molecular flexibility index (Phi) is 6.36. The van der Waals surface area contributed by atoms with Crippen molar-refractivity contribution in [2.24, 2.45) is 0 Å². The fraction of sp³-hybridized carbons (Fsp3) is 0.360. The van der Waals surface area contributed by atoms with Crippen molar-refractivity contribution in [1.82, 2.24) is 49.8 Å². The van der Waals surface area contributed by atoms with Crippen LogP contribution < -0.4 is 11.0 Å². The van der Waals surface area contributed by atoms with Gasteiger partial charge in [0.25, 0.3) is 0 Å².